The van der Waals surface area contributed by atoms with Crippen molar-refractivity contribution in [3.63, 3.8) is 0 Å². The molecule has 1 aliphatic rings. The average Bonchev–Trinajstić information content (AvgIpc) is 2.92. The van der Waals surface area contributed by atoms with E-state index < -0.39 is 18.0 Å². The summed E-state index contributed by atoms with van der Waals surface area (Å²) in [5, 5.41) is 12.5. The minimum atomic E-state index is -0.596. The van der Waals surface area contributed by atoms with Gasteiger partial charge in [-0.2, -0.15) is 0 Å². The van der Waals surface area contributed by atoms with E-state index in [1.807, 2.05) is 0 Å². The van der Waals surface area contributed by atoms with Gasteiger partial charge >= 0.3 is 18.0 Å². The van der Waals surface area contributed by atoms with E-state index in [0.29, 0.717) is 31.5 Å². The summed E-state index contributed by atoms with van der Waals surface area (Å²) in [6.45, 7) is 6.25. The lowest BCUT2D eigenvalue weighted by molar-refractivity contribution is 0.0527. The number of esters is 2. The van der Waals surface area contributed by atoms with Crippen molar-refractivity contribution in [1.29, 1.82) is 0 Å². The monoisotopic (exact) mass is 384 g/mol. The van der Waals surface area contributed by atoms with Gasteiger partial charge in [-0.1, -0.05) is 0 Å². The number of rotatable bonds is 5. The number of carbonyl (C=O) groups excluding carboxylic acids is 3. The third-order valence-electron chi connectivity index (χ3n) is 4.06. The van der Waals surface area contributed by atoms with E-state index in [1.165, 1.54) is 0 Å². The number of carbonyl (C=O) groups is 3. The average molecular weight is 384 g/mol. The summed E-state index contributed by atoms with van der Waals surface area (Å²) in [6, 6.07) is -0.376. The zero-order valence-corrected chi connectivity index (χ0v) is 16.0. The molecule has 26 heavy (non-hydrogen) atoms. The van der Waals surface area contributed by atoms with Crippen LogP contribution in [0.15, 0.2) is 0 Å². The molecule has 8 nitrogen and oxygen atoms in total. The van der Waals surface area contributed by atoms with E-state index in [-0.39, 0.29) is 34.7 Å². The van der Waals surface area contributed by atoms with Crippen molar-refractivity contribution >= 4 is 34.3 Å². The van der Waals surface area contributed by atoms with Gasteiger partial charge < -0.3 is 19.5 Å². The summed E-state index contributed by atoms with van der Waals surface area (Å²) < 4.78 is 10.1. The Morgan fingerprint density at radius 2 is 1.73 bits per heavy atom. The van der Waals surface area contributed by atoms with Crippen LogP contribution in [0.25, 0.3) is 0 Å². The standard InChI is InChI=1S/C17H24N2O6S/c1-4-24-15(21)12-10(3)13(16(22)25-5-2)26-14(12)18-17(23)19-8-6-11(20)7-9-19/h11,20H,4-9H2,1-3H3,(H,18,23). The Morgan fingerprint density at radius 3 is 2.31 bits per heavy atom. The number of ether oxygens (including phenoxy) is 2. The number of likely N-dealkylation sites (tertiary alicyclic amines) is 1. The van der Waals surface area contributed by atoms with Crippen LogP contribution in [0.4, 0.5) is 9.80 Å². The van der Waals surface area contributed by atoms with E-state index >= 15 is 0 Å². The first-order chi connectivity index (χ1) is 12.4. The van der Waals surface area contributed by atoms with Crippen LogP contribution >= 0.6 is 11.3 Å². The molecule has 1 aromatic rings. The fourth-order valence-electron chi connectivity index (χ4n) is 2.69. The molecule has 1 saturated heterocycles. The van der Waals surface area contributed by atoms with Gasteiger partial charge in [0.15, 0.2) is 0 Å². The predicted octanol–water partition coefficient (Wildman–Crippen LogP) is 2.40. The number of thiophene rings is 1. The maximum absolute atomic E-state index is 12.5. The van der Waals surface area contributed by atoms with E-state index in [0.717, 1.165) is 11.3 Å². The second kappa shape index (κ2) is 9.00. The summed E-state index contributed by atoms with van der Waals surface area (Å²) >= 11 is 0.998. The van der Waals surface area contributed by atoms with E-state index in [2.05, 4.69) is 5.32 Å². The molecule has 144 valence electrons. The third kappa shape index (κ3) is 4.53. The molecular formula is C17H24N2O6S. The zero-order valence-electron chi connectivity index (χ0n) is 15.2. The van der Waals surface area contributed by atoms with Crippen molar-refractivity contribution in [2.75, 3.05) is 31.6 Å². The Labute approximate surface area is 156 Å². The highest BCUT2D eigenvalue weighted by Gasteiger charge is 2.29. The Balaban J connectivity index is 2.27. The molecule has 0 aromatic carbocycles. The predicted molar refractivity (Wildman–Crippen MR) is 96.8 cm³/mol. The first-order valence-electron chi connectivity index (χ1n) is 8.60. The first kappa shape index (κ1) is 20.2. The molecule has 2 amide bonds. The highest BCUT2D eigenvalue weighted by molar-refractivity contribution is 7.18. The summed E-state index contributed by atoms with van der Waals surface area (Å²) in [5.74, 6) is -1.14. The first-order valence-corrected chi connectivity index (χ1v) is 9.42. The molecule has 1 aromatic heterocycles. The van der Waals surface area contributed by atoms with E-state index in [1.54, 1.807) is 25.7 Å². The Morgan fingerprint density at radius 1 is 1.15 bits per heavy atom. The summed E-state index contributed by atoms with van der Waals surface area (Å²) in [6.07, 6.45) is 0.624. The van der Waals surface area contributed by atoms with Crippen molar-refractivity contribution < 1.29 is 29.0 Å². The van der Waals surface area contributed by atoms with Gasteiger partial charge in [-0.05, 0) is 39.2 Å². The fraction of sp³-hybridized carbons (Fsp3) is 0.588. The maximum atomic E-state index is 12.5. The number of amides is 2. The number of aliphatic hydroxyl groups excluding tert-OH is 1. The normalized spacial score (nSPS) is 14.8. The van der Waals surface area contributed by atoms with Crippen molar-refractivity contribution in [2.45, 2.75) is 39.7 Å². The number of urea groups is 1. The molecule has 0 unspecified atom stereocenters. The summed E-state index contributed by atoms with van der Waals surface area (Å²) in [7, 11) is 0. The molecule has 0 atom stereocenters. The molecule has 2 heterocycles. The number of anilines is 1. The van der Waals surface area contributed by atoms with Crippen LogP contribution in [0.1, 0.15) is 52.3 Å². The second-order valence-electron chi connectivity index (χ2n) is 5.85. The highest BCUT2D eigenvalue weighted by atomic mass is 32.1. The van der Waals surface area contributed by atoms with Gasteiger partial charge in [0.05, 0.1) is 24.9 Å². The zero-order chi connectivity index (χ0) is 19.3. The van der Waals surface area contributed by atoms with Crippen LogP contribution in [0, 0.1) is 6.92 Å². The van der Waals surface area contributed by atoms with E-state index in [9.17, 15) is 19.5 Å². The minimum absolute atomic E-state index is 0.172. The Hall–Kier alpha value is -2.13. The smallest absolute Gasteiger partial charge is 0.348 e. The number of nitrogens with zero attached hydrogens (tertiary/aromatic N) is 1. The highest BCUT2D eigenvalue weighted by Crippen LogP contribution is 2.34. The molecule has 0 aliphatic carbocycles. The molecule has 2 N–H and O–H groups in total. The van der Waals surface area contributed by atoms with Gasteiger partial charge in [-0.15, -0.1) is 11.3 Å². The van der Waals surface area contributed by atoms with Crippen molar-refractivity contribution in [3.8, 4) is 0 Å². The van der Waals surface area contributed by atoms with Gasteiger partial charge in [0.1, 0.15) is 9.88 Å². The maximum Gasteiger partial charge on any atom is 0.348 e. The van der Waals surface area contributed by atoms with Gasteiger partial charge in [-0.3, -0.25) is 5.32 Å². The molecule has 9 heteroatoms. The number of hydrogen-bond acceptors (Lipinski definition) is 7. The molecule has 1 aliphatic heterocycles. The van der Waals surface area contributed by atoms with Gasteiger partial charge in [0.25, 0.3) is 0 Å². The Kier molecular flexibility index (Phi) is 6.98. The molecule has 0 radical (unpaired) electrons. The molecule has 1 fully saturated rings. The van der Waals surface area contributed by atoms with Crippen molar-refractivity contribution in [3.05, 3.63) is 16.0 Å². The number of aliphatic hydroxyl groups is 1. The lowest BCUT2D eigenvalue weighted by Crippen LogP contribution is -2.42. The quantitative estimate of drug-likeness (QED) is 0.755. The molecule has 0 bridgehead atoms. The molecule has 0 spiro atoms. The van der Waals surface area contributed by atoms with Crippen molar-refractivity contribution in [2.24, 2.45) is 0 Å². The van der Waals surface area contributed by atoms with Gasteiger partial charge in [0.2, 0.25) is 0 Å². The lowest BCUT2D eigenvalue weighted by atomic mass is 10.1. The van der Waals surface area contributed by atoms with E-state index in [4.69, 9.17) is 9.47 Å². The van der Waals surface area contributed by atoms with Gasteiger partial charge in [0, 0.05) is 13.1 Å². The minimum Gasteiger partial charge on any atom is -0.462 e. The largest absolute Gasteiger partial charge is 0.462 e. The summed E-state index contributed by atoms with van der Waals surface area (Å²) in [5.41, 5.74) is 0.599. The summed E-state index contributed by atoms with van der Waals surface area (Å²) in [4.78, 5) is 38.8. The second-order valence-corrected chi connectivity index (χ2v) is 6.87. The number of piperidine rings is 1. The SMILES string of the molecule is CCOC(=O)c1sc(NC(=O)N2CCC(O)CC2)c(C(=O)OCC)c1C. The van der Waals surface area contributed by atoms with Crippen LogP contribution < -0.4 is 5.32 Å². The number of nitrogens with one attached hydrogen (secondary N) is 1. The van der Waals surface area contributed by atoms with Crippen LogP contribution in [0.2, 0.25) is 0 Å². The van der Waals surface area contributed by atoms with Crippen molar-refractivity contribution in [1.82, 2.24) is 4.90 Å². The third-order valence-corrected chi connectivity index (χ3v) is 5.25. The van der Waals surface area contributed by atoms with Crippen LogP contribution in [0.3, 0.4) is 0 Å². The van der Waals surface area contributed by atoms with Crippen LogP contribution in [0.5, 0.6) is 0 Å². The molecule has 2 rings (SSSR count). The van der Waals surface area contributed by atoms with Crippen LogP contribution in [-0.2, 0) is 9.47 Å². The Bertz CT molecular complexity index is 679. The van der Waals surface area contributed by atoms with Crippen LogP contribution in [-0.4, -0.2) is 60.4 Å². The lowest BCUT2D eigenvalue weighted by Gasteiger charge is -2.29. The molecule has 0 saturated carbocycles. The fourth-order valence-corrected chi connectivity index (χ4v) is 3.77. The number of hydrogen-bond donors (Lipinski definition) is 2. The topological polar surface area (TPSA) is 105 Å². The van der Waals surface area contributed by atoms with Gasteiger partial charge in [-0.25, -0.2) is 14.4 Å². The molecular weight excluding hydrogens is 360 g/mol.